The van der Waals surface area contributed by atoms with Crippen LogP contribution in [0.3, 0.4) is 0 Å². The fraction of sp³-hybridized carbons (Fsp3) is 0.167. The summed E-state index contributed by atoms with van der Waals surface area (Å²) in [5.41, 5.74) is 0.440. The van der Waals surface area contributed by atoms with Crippen LogP contribution in [0.4, 0.5) is 0 Å². The van der Waals surface area contributed by atoms with Crippen LogP contribution in [-0.4, -0.2) is 18.0 Å². The molecule has 0 saturated heterocycles. The van der Waals surface area contributed by atoms with Crippen LogP contribution >= 0.6 is 0 Å². The summed E-state index contributed by atoms with van der Waals surface area (Å²) < 4.78 is 29.8. The molecular formula is C6H7NO3S. The number of nitrogens with zero attached hydrogens (tertiary/aromatic N) is 1. The Morgan fingerprint density at radius 2 is 2.18 bits per heavy atom. The van der Waals surface area contributed by atoms with Crippen molar-refractivity contribution in [1.29, 1.82) is 0 Å². The van der Waals surface area contributed by atoms with E-state index < -0.39 is 10.1 Å². The van der Waals surface area contributed by atoms with E-state index in [-0.39, 0.29) is 4.90 Å². The maximum absolute atomic E-state index is 10.6. The third-order valence-electron chi connectivity index (χ3n) is 1.25. The maximum atomic E-state index is 10.6. The Morgan fingerprint density at radius 1 is 1.55 bits per heavy atom. The summed E-state index contributed by atoms with van der Waals surface area (Å²) in [6, 6.07) is 1.25. The number of aromatic nitrogens is 1. The minimum absolute atomic E-state index is 0.0903. The van der Waals surface area contributed by atoms with Gasteiger partial charge >= 0.3 is 0 Å². The molecule has 0 bridgehead atoms. The fourth-order valence-corrected chi connectivity index (χ4v) is 1.44. The van der Waals surface area contributed by atoms with E-state index in [1.807, 2.05) is 0 Å². The maximum Gasteiger partial charge on any atom is 0.294 e. The molecule has 11 heavy (non-hydrogen) atoms. The van der Waals surface area contributed by atoms with Crippen LogP contribution in [0.15, 0.2) is 23.4 Å². The molecule has 0 amide bonds. The van der Waals surface area contributed by atoms with Crippen molar-refractivity contribution in [3.05, 3.63) is 24.0 Å². The lowest BCUT2D eigenvalue weighted by atomic mass is 10.3. The van der Waals surface area contributed by atoms with Crippen molar-refractivity contribution in [3.8, 4) is 0 Å². The first-order valence-electron chi connectivity index (χ1n) is 2.90. The highest BCUT2D eigenvalue weighted by Crippen LogP contribution is 2.11. The van der Waals surface area contributed by atoms with Gasteiger partial charge in [-0.1, -0.05) is 0 Å². The fourth-order valence-electron chi connectivity index (χ4n) is 0.750. The highest BCUT2D eigenvalue weighted by atomic mass is 32.2. The second-order valence-corrected chi connectivity index (χ2v) is 3.51. The van der Waals surface area contributed by atoms with Gasteiger partial charge in [-0.05, 0) is 18.6 Å². The number of hydrogen-bond donors (Lipinski definition) is 1. The van der Waals surface area contributed by atoms with Gasteiger partial charge in [-0.3, -0.25) is 9.54 Å². The summed E-state index contributed by atoms with van der Waals surface area (Å²) in [6.45, 7) is 1.57. The lowest BCUT2D eigenvalue weighted by Gasteiger charge is -1.98. The van der Waals surface area contributed by atoms with Crippen molar-refractivity contribution in [2.24, 2.45) is 0 Å². The molecule has 1 heterocycles. The molecule has 0 aliphatic carbocycles. The van der Waals surface area contributed by atoms with Crippen molar-refractivity contribution in [2.45, 2.75) is 11.8 Å². The number of pyridine rings is 1. The van der Waals surface area contributed by atoms with Gasteiger partial charge in [0.15, 0.2) is 0 Å². The van der Waals surface area contributed by atoms with E-state index in [2.05, 4.69) is 4.98 Å². The Morgan fingerprint density at radius 3 is 2.55 bits per heavy atom. The average Bonchev–Trinajstić information content (AvgIpc) is 1.86. The molecule has 5 heteroatoms. The first-order chi connectivity index (χ1) is 5.02. The van der Waals surface area contributed by atoms with Crippen molar-refractivity contribution in [3.63, 3.8) is 0 Å². The molecule has 0 atom stereocenters. The molecular weight excluding hydrogens is 166 g/mol. The van der Waals surface area contributed by atoms with E-state index in [0.717, 1.165) is 0 Å². The Balaban J connectivity index is 3.37. The number of rotatable bonds is 1. The second kappa shape index (κ2) is 2.60. The predicted molar refractivity (Wildman–Crippen MR) is 38.8 cm³/mol. The summed E-state index contributed by atoms with van der Waals surface area (Å²) in [7, 11) is -4.07. The van der Waals surface area contributed by atoms with Crippen molar-refractivity contribution < 1.29 is 13.0 Å². The average molecular weight is 173 g/mol. The van der Waals surface area contributed by atoms with Gasteiger partial charge in [-0.15, -0.1) is 0 Å². The third-order valence-corrected chi connectivity index (χ3v) is 2.26. The SMILES string of the molecule is Cc1cnccc1S(=O)(=O)O. The molecule has 0 aliphatic heterocycles. The summed E-state index contributed by atoms with van der Waals surface area (Å²) in [4.78, 5) is 3.59. The zero-order valence-corrected chi connectivity index (χ0v) is 6.67. The summed E-state index contributed by atoms with van der Waals surface area (Å²) in [5, 5.41) is 0. The molecule has 1 aromatic heterocycles. The predicted octanol–water partition coefficient (Wildman–Crippen LogP) is 0.637. The Kier molecular flexibility index (Phi) is 1.92. The van der Waals surface area contributed by atoms with E-state index in [0.29, 0.717) is 5.56 Å². The van der Waals surface area contributed by atoms with E-state index in [9.17, 15) is 8.42 Å². The number of aryl methyl sites for hydroxylation is 1. The molecule has 4 nitrogen and oxygen atoms in total. The first-order valence-corrected chi connectivity index (χ1v) is 4.34. The van der Waals surface area contributed by atoms with Gasteiger partial charge < -0.3 is 0 Å². The normalized spacial score (nSPS) is 11.5. The highest BCUT2D eigenvalue weighted by Gasteiger charge is 2.11. The van der Waals surface area contributed by atoms with Crippen LogP contribution in [-0.2, 0) is 10.1 Å². The van der Waals surface area contributed by atoms with Crippen molar-refractivity contribution >= 4 is 10.1 Å². The van der Waals surface area contributed by atoms with Gasteiger partial charge in [0.25, 0.3) is 10.1 Å². The molecule has 0 saturated carbocycles. The van der Waals surface area contributed by atoms with Gasteiger partial charge in [0.1, 0.15) is 0 Å². The molecule has 1 rings (SSSR count). The lowest BCUT2D eigenvalue weighted by molar-refractivity contribution is 0.482. The second-order valence-electron chi connectivity index (χ2n) is 2.12. The Hall–Kier alpha value is -0.940. The smallest absolute Gasteiger partial charge is 0.282 e. The highest BCUT2D eigenvalue weighted by molar-refractivity contribution is 7.85. The van der Waals surface area contributed by atoms with Crippen LogP contribution < -0.4 is 0 Å². The minimum Gasteiger partial charge on any atom is -0.282 e. The van der Waals surface area contributed by atoms with Crippen molar-refractivity contribution in [1.82, 2.24) is 4.98 Å². The van der Waals surface area contributed by atoms with E-state index in [1.54, 1.807) is 6.92 Å². The van der Waals surface area contributed by atoms with Gasteiger partial charge in [-0.25, -0.2) is 0 Å². The summed E-state index contributed by atoms with van der Waals surface area (Å²) >= 11 is 0. The number of hydrogen-bond acceptors (Lipinski definition) is 3. The molecule has 0 fully saturated rings. The molecule has 0 aliphatic rings. The summed E-state index contributed by atoms with van der Waals surface area (Å²) in [6.07, 6.45) is 2.69. The van der Waals surface area contributed by atoms with Crippen molar-refractivity contribution in [2.75, 3.05) is 0 Å². The van der Waals surface area contributed by atoms with E-state index >= 15 is 0 Å². The molecule has 0 unspecified atom stereocenters. The first kappa shape index (κ1) is 8.16. The standard InChI is InChI=1S/C6H7NO3S/c1-5-4-7-3-2-6(5)11(8,9)10/h2-4H,1H3,(H,8,9,10). The third kappa shape index (κ3) is 1.75. The minimum atomic E-state index is -4.07. The molecule has 1 N–H and O–H groups in total. The molecule has 0 radical (unpaired) electrons. The largest absolute Gasteiger partial charge is 0.294 e. The van der Waals surface area contributed by atoms with Gasteiger partial charge in [0.05, 0.1) is 4.90 Å². The lowest BCUT2D eigenvalue weighted by Crippen LogP contribution is -2.00. The monoisotopic (exact) mass is 173 g/mol. The molecule has 0 aromatic carbocycles. The summed E-state index contributed by atoms with van der Waals surface area (Å²) in [5.74, 6) is 0. The Bertz CT molecular complexity index is 358. The Labute approximate surface area is 64.6 Å². The van der Waals surface area contributed by atoms with Gasteiger partial charge in [-0.2, -0.15) is 8.42 Å². The zero-order chi connectivity index (χ0) is 8.48. The van der Waals surface area contributed by atoms with Crippen LogP contribution in [0.5, 0.6) is 0 Å². The van der Waals surface area contributed by atoms with Crippen LogP contribution in [0.2, 0.25) is 0 Å². The topological polar surface area (TPSA) is 67.3 Å². The van der Waals surface area contributed by atoms with Crippen LogP contribution in [0.25, 0.3) is 0 Å². The molecule has 1 aromatic rings. The van der Waals surface area contributed by atoms with Crippen LogP contribution in [0, 0.1) is 6.92 Å². The molecule has 0 spiro atoms. The van der Waals surface area contributed by atoms with E-state index in [4.69, 9.17) is 4.55 Å². The quantitative estimate of drug-likeness (QED) is 0.633. The van der Waals surface area contributed by atoms with E-state index in [1.165, 1.54) is 18.5 Å². The van der Waals surface area contributed by atoms with Gasteiger partial charge in [0.2, 0.25) is 0 Å². The van der Waals surface area contributed by atoms with Crippen LogP contribution in [0.1, 0.15) is 5.56 Å². The molecule has 60 valence electrons. The van der Waals surface area contributed by atoms with Gasteiger partial charge in [0, 0.05) is 12.4 Å². The zero-order valence-electron chi connectivity index (χ0n) is 5.85.